The molecule has 1 N–H and O–H groups in total. The van der Waals surface area contributed by atoms with E-state index in [9.17, 15) is 4.79 Å². The Labute approximate surface area is 182 Å². The number of carbonyl (C=O) groups is 1. The molecule has 0 fully saturated rings. The lowest BCUT2D eigenvalue weighted by Crippen LogP contribution is -2.24. The molecule has 6 nitrogen and oxygen atoms in total. The van der Waals surface area contributed by atoms with Gasteiger partial charge in [-0.2, -0.15) is 0 Å². The van der Waals surface area contributed by atoms with E-state index in [2.05, 4.69) is 49.3 Å². The van der Waals surface area contributed by atoms with Crippen molar-refractivity contribution in [1.82, 2.24) is 14.8 Å². The second-order valence-electron chi connectivity index (χ2n) is 7.93. The molecule has 3 rings (SSSR count). The number of rotatable bonds is 9. The Hall–Kier alpha value is -2.54. The molecule has 2 atom stereocenters. The van der Waals surface area contributed by atoms with E-state index in [1.54, 1.807) is 6.26 Å². The maximum atomic E-state index is 12.9. The Balaban J connectivity index is 1.78. The van der Waals surface area contributed by atoms with E-state index < -0.39 is 0 Å². The minimum atomic E-state index is -0.324. The summed E-state index contributed by atoms with van der Waals surface area (Å²) in [6, 6.07) is 11.7. The number of hydrogen-bond acceptors (Lipinski definition) is 5. The average molecular weight is 427 g/mol. The van der Waals surface area contributed by atoms with Gasteiger partial charge in [0, 0.05) is 12.2 Å². The third-order valence-corrected chi connectivity index (χ3v) is 6.10. The van der Waals surface area contributed by atoms with Gasteiger partial charge in [-0.25, -0.2) is 0 Å². The largest absolute Gasteiger partial charge is 0.461 e. The zero-order chi connectivity index (χ0) is 21.7. The Morgan fingerprint density at radius 3 is 2.57 bits per heavy atom. The van der Waals surface area contributed by atoms with Gasteiger partial charge in [0.15, 0.2) is 16.7 Å². The smallest absolute Gasteiger partial charge is 0.237 e. The van der Waals surface area contributed by atoms with Crippen LogP contribution in [0.5, 0.6) is 0 Å². The highest BCUT2D eigenvalue weighted by Gasteiger charge is 2.23. The summed E-state index contributed by atoms with van der Waals surface area (Å²) >= 11 is 1.41. The highest BCUT2D eigenvalue weighted by molar-refractivity contribution is 8.00. The van der Waals surface area contributed by atoms with E-state index >= 15 is 0 Å². The molecule has 2 aromatic heterocycles. The molecule has 30 heavy (non-hydrogen) atoms. The van der Waals surface area contributed by atoms with E-state index in [-0.39, 0.29) is 11.2 Å². The first-order valence-corrected chi connectivity index (χ1v) is 11.3. The fraction of sp³-hybridized carbons (Fsp3) is 0.435. The second-order valence-corrected chi connectivity index (χ2v) is 9.24. The molecule has 0 bridgehead atoms. The van der Waals surface area contributed by atoms with Crippen LogP contribution in [-0.2, 0) is 11.3 Å². The molecule has 2 heterocycles. The first kappa shape index (κ1) is 22.2. The zero-order valence-electron chi connectivity index (χ0n) is 18.3. The number of hydrogen-bond donors (Lipinski definition) is 1. The van der Waals surface area contributed by atoms with E-state index in [0.29, 0.717) is 28.6 Å². The zero-order valence-corrected chi connectivity index (χ0v) is 19.1. The lowest BCUT2D eigenvalue weighted by atomic mass is 9.97. The van der Waals surface area contributed by atoms with Gasteiger partial charge in [0.05, 0.1) is 11.5 Å². The van der Waals surface area contributed by atoms with Crippen LogP contribution >= 0.6 is 11.8 Å². The fourth-order valence-corrected chi connectivity index (χ4v) is 4.06. The predicted molar refractivity (Wildman–Crippen MR) is 122 cm³/mol. The van der Waals surface area contributed by atoms with Crippen LogP contribution in [0.4, 0.5) is 5.69 Å². The van der Waals surface area contributed by atoms with Crippen molar-refractivity contribution < 1.29 is 9.21 Å². The Bertz CT molecular complexity index is 966. The number of carbonyl (C=O) groups excluding carboxylic acids is 1. The lowest BCUT2D eigenvalue weighted by molar-refractivity contribution is -0.115. The molecule has 0 saturated heterocycles. The van der Waals surface area contributed by atoms with Gasteiger partial charge in [0.25, 0.3) is 0 Å². The third kappa shape index (κ3) is 5.14. The lowest BCUT2D eigenvalue weighted by Gasteiger charge is -2.18. The molecule has 1 amide bonds. The van der Waals surface area contributed by atoms with E-state index in [1.807, 2.05) is 41.8 Å². The first-order valence-electron chi connectivity index (χ1n) is 10.4. The normalized spacial score (nSPS) is 13.4. The van der Waals surface area contributed by atoms with Crippen LogP contribution in [-0.4, -0.2) is 25.9 Å². The second kappa shape index (κ2) is 9.98. The van der Waals surface area contributed by atoms with Crippen molar-refractivity contribution in [3.8, 4) is 11.6 Å². The molecule has 2 unspecified atom stereocenters. The molecule has 3 aromatic rings. The van der Waals surface area contributed by atoms with Gasteiger partial charge in [-0.1, -0.05) is 57.7 Å². The number of anilines is 1. The molecule has 1 aromatic carbocycles. The monoisotopic (exact) mass is 426 g/mol. The van der Waals surface area contributed by atoms with Gasteiger partial charge in [-0.05, 0) is 48.9 Å². The molecule has 160 valence electrons. The van der Waals surface area contributed by atoms with Gasteiger partial charge >= 0.3 is 0 Å². The minimum Gasteiger partial charge on any atom is -0.461 e. The standard InChI is InChI=1S/C23H30N4O2S/c1-6-16(4)18-10-7-8-11-19(18)24-22(28)17(5)30-23-26-25-21(20-12-9-13-29-20)27(23)14-15(2)3/h7-13,15-17H,6,14H2,1-5H3,(H,24,28). The van der Waals surface area contributed by atoms with Gasteiger partial charge in [-0.15, -0.1) is 10.2 Å². The van der Waals surface area contributed by atoms with Crippen LogP contribution in [0.2, 0.25) is 0 Å². The Morgan fingerprint density at radius 1 is 1.13 bits per heavy atom. The number of benzene rings is 1. The number of furan rings is 1. The van der Waals surface area contributed by atoms with E-state index in [0.717, 1.165) is 24.2 Å². The number of para-hydroxylation sites is 1. The fourth-order valence-electron chi connectivity index (χ4n) is 3.20. The molecular weight excluding hydrogens is 396 g/mol. The molecule has 7 heteroatoms. The van der Waals surface area contributed by atoms with Crippen LogP contribution in [0.1, 0.15) is 52.5 Å². The van der Waals surface area contributed by atoms with Crippen molar-refractivity contribution in [2.24, 2.45) is 5.92 Å². The molecular formula is C23H30N4O2S. The summed E-state index contributed by atoms with van der Waals surface area (Å²) in [7, 11) is 0. The SMILES string of the molecule is CCC(C)c1ccccc1NC(=O)C(C)Sc1nnc(-c2ccco2)n1CC(C)C. The van der Waals surface area contributed by atoms with Gasteiger partial charge in [0.1, 0.15) is 0 Å². The summed E-state index contributed by atoms with van der Waals surface area (Å²) < 4.78 is 7.55. The van der Waals surface area contributed by atoms with Gasteiger partial charge < -0.3 is 9.73 Å². The van der Waals surface area contributed by atoms with E-state index in [1.165, 1.54) is 11.8 Å². The van der Waals surface area contributed by atoms with Crippen molar-refractivity contribution >= 4 is 23.4 Å². The summed E-state index contributed by atoms with van der Waals surface area (Å²) in [5.74, 6) is 2.10. The maximum absolute atomic E-state index is 12.9. The summed E-state index contributed by atoms with van der Waals surface area (Å²) in [6.45, 7) is 11.3. The maximum Gasteiger partial charge on any atom is 0.237 e. The number of nitrogens with zero attached hydrogens (tertiary/aromatic N) is 3. The average Bonchev–Trinajstić information content (AvgIpc) is 3.38. The number of nitrogens with one attached hydrogen (secondary N) is 1. The van der Waals surface area contributed by atoms with Crippen LogP contribution < -0.4 is 5.32 Å². The number of thioether (sulfide) groups is 1. The topological polar surface area (TPSA) is 73.0 Å². The molecule has 0 aliphatic heterocycles. The molecule has 0 spiro atoms. The summed E-state index contributed by atoms with van der Waals surface area (Å²) in [6.07, 6.45) is 2.65. The number of aromatic nitrogens is 3. The highest BCUT2D eigenvalue weighted by Crippen LogP contribution is 2.30. The number of amides is 1. The van der Waals surface area contributed by atoms with E-state index in [4.69, 9.17) is 4.42 Å². The van der Waals surface area contributed by atoms with Crippen LogP contribution in [0, 0.1) is 5.92 Å². The highest BCUT2D eigenvalue weighted by atomic mass is 32.2. The molecule has 0 aliphatic carbocycles. The van der Waals surface area contributed by atoms with Gasteiger partial charge in [0.2, 0.25) is 5.91 Å². The minimum absolute atomic E-state index is 0.0469. The van der Waals surface area contributed by atoms with Crippen molar-refractivity contribution in [1.29, 1.82) is 0 Å². The summed E-state index contributed by atoms with van der Waals surface area (Å²) in [5, 5.41) is 12.2. The van der Waals surface area contributed by atoms with Crippen molar-refractivity contribution in [2.45, 2.75) is 63.9 Å². The Kier molecular flexibility index (Phi) is 7.37. The molecule has 0 radical (unpaired) electrons. The predicted octanol–water partition coefficient (Wildman–Crippen LogP) is 5.83. The van der Waals surface area contributed by atoms with Crippen LogP contribution in [0.25, 0.3) is 11.6 Å². The van der Waals surface area contributed by atoms with Gasteiger partial charge in [-0.3, -0.25) is 9.36 Å². The molecule has 0 aliphatic rings. The van der Waals surface area contributed by atoms with Crippen molar-refractivity contribution in [3.05, 3.63) is 48.2 Å². The van der Waals surface area contributed by atoms with Crippen LogP contribution in [0.3, 0.4) is 0 Å². The summed E-state index contributed by atoms with van der Waals surface area (Å²) in [5.41, 5.74) is 2.04. The summed E-state index contributed by atoms with van der Waals surface area (Å²) in [4.78, 5) is 12.9. The quantitative estimate of drug-likeness (QED) is 0.436. The molecule has 0 saturated carbocycles. The third-order valence-electron chi connectivity index (χ3n) is 5.02. The first-order chi connectivity index (χ1) is 14.4. The Morgan fingerprint density at radius 2 is 1.90 bits per heavy atom. The van der Waals surface area contributed by atoms with Crippen molar-refractivity contribution in [2.75, 3.05) is 5.32 Å². The van der Waals surface area contributed by atoms with Crippen LogP contribution in [0.15, 0.2) is 52.2 Å². The van der Waals surface area contributed by atoms with Crippen molar-refractivity contribution in [3.63, 3.8) is 0 Å².